The molecule has 2 aromatic rings. The molecule has 2 N–H and O–H groups in total. The first-order chi connectivity index (χ1) is 8.69. The summed E-state index contributed by atoms with van der Waals surface area (Å²) in [6.45, 7) is 2.71. The summed E-state index contributed by atoms with van der Waals surface area (Å²) in [5.41, 5.74) is 8.29. The van der Waals surface area contributed by atoms with Crippen molar-refractivity contribution in [2.24, 2.45) is 5.73 Å². The van der Waals surface area contributed by atoms with Gasteiger partial charge in [0.1, 0.15) is 6.61 Å². The number of aromatic nitrogens is 2. The number of hydrogen-bond donors (Lipinski definition) is 1. The molecular formula is C13H14ClN3O. The van der Waals surface area contributed by atoms with Crippen molar-refractivity contribution in [2.45, 2.75) is 20.1 Å². The Balaban J connectivity index is 2.04. The second-order valence-electron chi connectivity index (χ2n) is 3.89. The van der Waals surface area contributed by atoms with E-state index in [2.05, 4.69) is 9.97 Å². The first kappa shape index (κ1) is 12.8. The van der Waals surface area contributed by atoms with Crippen LogP contribution in [0.25, 0.3) is 0 Å². The Labute approximate surface area is 111 Å². The quantitative estimate of drug-likeness (QED) is 0.921. The Morgan fingerprint density at radius 1 is 1.39 bits per heavy atom. The SMILES string of the molecule is Cc1nc(OCc2cccc(Cl)c2)ncc1CN. The third-order valence-corrected chi connectivity index (χ3v) is 2.77. The summed E-state index contributed by atoms with van der Waals surface area (Å²) in [7, 11) is 0. The van der Waals surface area contributed by atoms with E-state index in [0.717, 1.165) is 16.8 Å². The lowest BCUT2D eigenvalue weighted by atomic mass is 10.2. The molecule has 4 nitrogen and oxygen atoms in total. The Morgan fingerprint density at radius 3 is 2.89 bits per heavy atom. The van der Waals surface area contributed by atoms with Gasteiger partial charge in [-0.25, -0.2) is 9.97 Å². The highest BCUT2D eigenvalue weighted by Gasteiger charge is 2.03. The van der Waals surface area contributed by atoms with Crippen LogP contribution in [0, 0.1) is 6.92 Å². The number of nitrogens with two attached hydrogens (primary N) is 1. The molecule has 0 unspecified atom stereocenters. The number of ether oxygens (including phenoxy) is 1. The molecule has 18 heavy (non-hydrogen) atoms. The monoisotopic (exact) mass is 263 g/mol. The fourth-order valence-corrected chi connectivity index (χ4v) is 1.73. The van der Waals surface area contributed by atoms with E-state index in [1.807, 2.05) is 31.2 Å². The van der Waals surface area contributed by atoms with E-state index in [-0.39, 0.29) is 0 Å². The smallest absolute Gasteiger partial charge is 0.316 e. The zero-order valence-electron chi connectivity index (χ0n) is 10.1. The summed E-state index contributed by atoms with van der Waals surface area (Å²) in [5, 5.41) is 0.687. The molecule has 0 fully saturated rings. The zero-order valence-corrected chi connectivity index (χ0v) is 10.8. The molecule has 0 atom stereocenters. The maximum atomic E-state index is 5.89. The third-order valence-electron chi connectivity index (χ3n) is 2.54. The summed E-state index contributed by atoms with van der Waals surface area (Å²) in [6.07, 6.45) is 1.69. The average molecular weight is 264 g/mol. The van der Waals surface area contributed by atoms with Crippen LogP contribution in [0.2, 0.25) is 5.02 Å². The van der Waals surface area contributed by atoms with E-state index in [0.29, 0.717) is 24.2 Å². The molecule has 94 valence electrons. The summed E-state index contributed by atoms with van der Waals surface area (Å²) >= 11 is 5.89. The van der Waals surface area contributed by atoms with E-state index in [9.17, 15) is 0 Å². The molecular weight excluding hydrogens is 250 g/mol. The van der Waals surface area contributed by atoms with Crippen molar-refractivity contribution in [1.82, 2.24) is 9.97 Å². The van der Waals surface area contributed by atoms with Gasteiger partial charge < -0.3 is 10.5 Å². The topological polar surface area (TPSA) is 61.0 Å². The van der Waals surface area contributed by atoms with Gasteiger partial charge in [-0.1, -0.05) is 23.7 Å². The minimum atomic E-state index is 0.352. The average Bonchev–Trinajstić information content (AvgIpc) is 2.37. The van der Waals surface area contributed by atoms with Crippen molar-refractivity contribution in [3.8, 4) is 6.01 Å². The van der Waals surface area contributed by atoms with Crippen LogP contribution in [0.5, 0.6) is 6.01 Å². The molecule has 0 aliphatic heterocycles. The lowest BCUT2D eigenvalue weighted by molar-refractivity contribution is 0.279. The van der Waals surface area contributed by atoms with Gasteiger partial charge in [-0.05, 0) is 24.6 Å². The molecule has 1 aromatic carbocycles. The van der Waals surface area contributed by atoms with Gasteiger partial charge in [0, 0.05) is 29.0 Å². The van der Waals surface area contributed by atoms with Crippen molar-refractivity contribution in [2.75, 3.05) is 0 Å². The maximum Gasteiger partial charge on any atom is 0.316 e. The molecule has 1 aromatic heterocycles. The first-order valence-corrected chi connectivity index (χ1v) is 5.96. The molecule has 0 spiro atoms. The second kappa shape index (κ2) is 5.80. The third kappa shape index (κ3) is 3.18. The van der Waals surface area contributed by atoms with Crippen molar-refractivity contribution in [1.29, 1.82) is 0 Å². The van der Waals surface area contributed by atoms with Gasteiger partial charge in [0.05, 0.1) is 0 Å². The fraction of sp³-hybridized carbons (Fsp3) is 0.231. The van der Waals surface area contributed by atoms with Gasteiger partial charge in [0.25, 0.3) is 0 Å². The van der Waals surface area contributed by atoms with Gasteiger partial charge in [-0.2, -0.15) is 0 Å². The molecule has 0 saturated carbocycles. The lowest BCUT2D eigenvalue weighted by Gasteiger charge is -2.07. The van der Waals surface area contributed by atoms with Crippen LogP contribution in [0.1, 0.15) is 16.8 Å². The minimum Gasteiger partial charge on any atom is -0.459 e. The van der Waals surface area contributed by atoms with Crippen molar-refractivity contribution >= 4 is 11.6 Å². The Bertz CT molecular complexity index is 546. The van der Waals surface area contributed by atoms with Gasteiger partial charge >= 0.3 is 6.01 Å². The van der Waals surface area contributed by atoms with E-state index >= 15 is 0 Å². The van der Waals surface area contributed by atoms with Crippen LogP contribution in [0.3, 0.4) is 0 Å². The van der Waals surface area contributed by atoms with Crippen molar-refractivity contribution in [3.05, 3.63) is 52.3 Å². The first-order valence-electron chi connectivity index (χ1n) is 5.59. The Kier molecular flexibility index (Phi) is 4.12. The normalized spacial score (nSPS) is 10.4. The number of nitrogens with zero attached hydrogens (tertiary/aromatic N) is 2. The largest absolute Gasteiger partial charge is 0.459 e. The van der Waals surface area contributed by atoms with Crippen LogP contribution in [0.4, 0.5) is 0 Å². The number of aryl methyl sites for hydroxylation is 1. The van der Waals surface area contributed by atoms with E-state index in [4.69, 9.17) is 22.1 Å². The van der Waals surface area contributed by atoms with Crippen LogP contribution in [-0.2, 0) is 13.2 Å². The standard InChI is InChI=1S/C13H14ClN3O/c1-9-11(6-15)7-16-13(17-9)18-8-10-3-2-4-12(14)5-10/h2-5,7H,6,8,15H2,1H3. The van der Waals surface area contributed by atoms with Gasteiger partial charge in [0.15, 0.2) is 0 Å². The summed E-state index contributed by atoms with van der Waals surface area (Å²) in [4.78, 5) is 8.34. The van der Waals surface area contributed by atoms with Gasteiger partial charge in [-0.3, -0.25) is 0 Å². The predicted octanol–water partition coefficient (Wildman–Crippen LogP) is 2.48. The molecule has 2 rings (SSSR count). The maximum absolute atomic E-state index is 5.89. The lowest BCUT2D eigenvalue weighted by Crippen LogP contribution is -2.05. The minimum absolute atomic E-state index is 0.352. The molecule has 5 heteroatoms. The van der Waals surface area contributed by atoms with E-state index in [1.165, 1.54) is 0 Å². The molecule has 0 aliphatic rings. The van der Waals surface area contributed by atoms with E-state index < -0.39 is 0 Å². The highest BCUT2D eigenvalue weighted by molar-refractivity contribution is 6.30. The number of halogens is 1. The van der Waals surface area contributed by atoms with E-state index in [1.54, 1.807) is 6.20 Å². The van der Waals surface area contributed by atoms with Crippen molar-refractivity contribution < 1.29 is 4.74 Å². The molecule has 0 aliphatic carbocycles. The van der Waals surface area contributed by atoms with Crippen LogP contribution >= 0.6 is 11.6 Å². The van der Waals surface area contributed by atoms with Crippen LogP contribution in [-0.4, -0.2) is 9.97 Å². The molecule has 0 saturated heterocycles. The molecule has 0 amide bonds. The number of rotatable bonds is 4. The molecule has 0 radical (unpaired) electrons. The van der Waals surface area contributed by atoms with Crippen LogP contribution < -0.4 is 10.5 Å². The Morgan fingerprint density at radius 2 is 2.22 bits per heavy atom. The number of benzene rings is 1. The Hall–Kier alpha value is -1.65. The predicted molar refractivity (Wildman–Crippen MR) is 70.4 cm³/mol. The summed E-state index contributed by atoms with van der Waals surface area (Å²) in [6, 6.07) is 7.84. The van der Waals surface area contributed by atoms with Gasteiger partial charge in [0.2, 0.25) is 0 Å². The zero-order chi connectivity index (χ0) is 13.0. The van der Waals surface area contributed by atoms with Gasteiger partial charge in [-0.15, -0.1) is 0 Å². The second-order valence-corrected chi connectivity index (χ2v) is 4.32. The summed E-state index contributed by atoms with van der Waals surface area (Å²) < 4.78 is 5.51. The fourth-order valence-electron chi connectivity index (χ4n) is 1.52. The molecule has 0 bridgehead atoms. The summed E-state index contributed by atoms with van der Waals surface area (Å²) in [5.74, 6) is 0. The highest BCUT2D eigenvalue weighted by Crippen LogP contribution is 2.13. The molecule has 1 heterocycles. The van der Waals surface area contributed by atoms with Crippen LogP contribution in [0.15, 0.2) is 30.5 Å². The highest BCUT2D eigenvalue weighted by atomic mass is 35.5. The number of hydrogen-bond acceptors (Lipinski definition) is 4. The van der Waals surface area contributed by atoms with Crippen molar-refractivity contribution in [3.63, 3.8) is 0 Å².